The minimum absolute atomic E-state index is 0.0887. The molecular weight excluding hydrogens is 490 g/mol. The van der Waals surface area contributed by atoms with Gasteiger partial charge >= 0.3 is 5.97 Å². The first-order valence-electron chi connectivity index (χ1n) is 11.2. The van der Waals surface area contributed by atoms with Gasteiger partial charge in [0.25, 0.3) is 5.91 Å². The van der Waals surface area contributed by atoms with Crippen LogP contribution in [0.15, 0.2) is 48.5 Å². The Morgan fingerprint density at radius 1 is 1.20 bits per heavy atom. The van der Waals surface area contributed by atoms with Crippen LogP contribution in [-0.2, 0) is 25.4 Å². The number of thioether (sulfide) groups is 1. The summed E-state index contributed by atoms with van der Waals surface area (Å²) in [6.45, 7) is 0.118. The molecule has 2 unspecified atom stereocenters. The van der Waals surface area contributed by atoms with Gasteiger partial charge in [0.2, 0.25) is 15.9 Å². The maximum absolute atomic E-state index is 13.0. The third-order valence-electron chi connectivity index (χ3n) is 5.62. The maximum atomic E-state index is 13.0. The van der Waals surface area contributed by atoms with Gasteiger partial charge in [-0.05, 0) is 53.7 Å². The fourth-order valence-corrected chi connectivity index (χ4v) is 5.44. The van der Waals surface area contributed by atoms with E-state index in [0.717, 1.165) is 0 Å². The summed E-state index contributed by atoms with van der Waals surface area (Å²) in [5.74, 6) is -1.46. The van der Waals surface area contributed by atoms with Gasteiger partial charge in [-0.3, -0.25) is 9.59 Å². The normalized spacial score (nSPS) is 16.5. The van der Waals surface area contributed by atoms with Crippen LogP contribution in [0.5, 0.6) is 0 Å². The van der Waals surface area contributed by atoms with Crippen molar-refractivity contribution in [1.29, 1.82) is 0 Å². The van der Waals surface area contributed by atoms with E-state index in [0.29, 0.717) is 35.3 Å². The van der Waals surface area contributed by atoms with Crippen LogP contribution < -0.4 is 15.4 Å². The predicted octanol–water partition coefficient (Wildman–Crippen LogP) is 1.99. The number of carboxylic acids is 1. The lowest BCUT2D eigenvalue weighted by atomic mass is 9.97. The lowest BCUT2D eigenvalue weighted by Gasteiger charge is -2.17. The van der Waals surface area contributed by atoms with E-state index in [1.54, 1.807) is 36.4 Å². The van der Waals surface area contributed by atoms with Crippen molar-refractivity contribution in [3.63, 3.8) is 0 Å². The van der Waals surface area contributed by atoms with Crippen LogP contribution in [-0.4, -0.2) is 61.9 Å². The van der Waals surface area contributed by atoms with Gasteiger partial charge in [-0.25, -0.2) is 17.9 Å². The molecule has 0 radical (unpaired) electrons. The molecule has 2 aromatic rings. The average Bonchev–Trinajstić information content (AvgIpc) is 3.25. The summed E-state index contributed by atoms with van der Waals surface area (Å²) in [6, 6.07) is 12.5. The number of carbonyl (C=O) groups is 3. The number of rotatable bonds is 12. The molecule has 2 atom stereocenters. The number of nitrogens with one attached hydrogen (secondary N) is 3. The molecule has 188 valence electrons. The van der Waals surface area contributed by atoms with Gasteiger partial charge in [0, 0.05) is 24.6 Å². The van der Waals surface area contributed by atoms with Crippen molar-refractivity contribution in [2.75, 3.05) is 18.6 Å². The van der Waals surface area contributed by atoms with Gasteiger partial charge in [-0.15, -0.1) is 0 Å². The van der Waals surface area contributed by atoms with E-state index in [4.69, 9.17) is 0 Å². The number of sulfonamides is 1. The second kappa shape index (κ2) is 12.2. The van der Waals surface area contributed by atoms with Crippen molar-refractivity contribution in [3.8, 4) is 11.1 Å². The molecule has 35 heavy (non-hydrogen) atoms. The topological polar surface area (TPSA) is 142 Å². The zero-order chi connectivity index (χ0) is 25.4. The van der Waals surface area contributed by atoms with E-state index in [1.165, 1.54) is 17.8 Å². The first-order valence-corrected chi connectivity index (χ1v) is 14.2. The Balaban J connectivity index is 1.82. The van der Waals surface area contributed by atoms with Crippen molar-refractivity contribution in [3.05, 3.63) is 59.7 Å². The van der Waals surface area contributed by atoms with E-state index in [1.807, 2.05) is 12.3 Å². The molecule has 11 heteroatoms. The zero-order valence-electron chi connectivity index (χ0n) is 19.3. The molecule has 4 N–H and O–H groups in total. The summed E-state index contributed by atoms with van der Waals surface area (Å²) in [7, 11) is -3.69. The Labute approximate surface area is 209 Å². The Morgan fingerprint density at radius 2 is 1.94 bits per heavy atom. The number of amides is 2. The minimum Gasteiger partial charge on any atom is -0.480 e. The Bertz CT molecular complexity index is 1170. The van der Waals surface area contributed by atoms with Gasteiger partial charge in [-0.1, -0.05) is 36.4 Å². The van der Waals surface area contributed by atoms with E-state index in [9.17, 15) is 27.9 Å². The van der Waals surface area contributed by atoms with Crippen molar-refractivity contribution in [2.24, 2.45) is 0 Å². The number of hydrogen-bond acceptors (Lipinski definition) is 6. The first-order chi connectivity index (χ1) is 16.7. The van der Waals surface area contributed by atoms with E-state index < -0.39 is 27.9 Å². The molecule has 0 saturated carbocycles. The van der Waals surface area contributed by atoms with Crippen LogP contribution in [0.2, 0.25) is 0 Å². The monoisotopic (exact) mass is 519 g/mol. The largest absolute Gasteiger partial charge is 0.480 e. The number of carbonyl (C=O) groups excluding carboxylic acids is 2. The molecule has 2 amide bonds. The Hall–Kier alpha value is -2.89. The summed E-state index contributed by atoms with van der Waals surface area (Å²) in [6.07, 6.45) is 3.11. The van der Waals surface area contributed by atoms with Crippen molar-refractivity contribution >= 4 is 39.6 Å². The summed E-state index contributed by atoms with van der Waals surface area (Å²) in [5, 5.41) is 14.8. The standard InChI is InChI=1S/C24H29N3O6S2/c1-34-12-11-21(24(30)31)27-23(29)19-9-7-16(13-20(19)17-5-3-2-4-6-17)15-35(32,33)25-14-18-8-10-22(28)26-18/h2-7,9,13,18,21,25H,8,10-12,14-15H2,1H3,(H,26,28)(H,27,29)(H,30,31). The van der Waals surface area contributed by atoms with Crippen molar-refractivity contribution < 1.29 is 27.9 Å². The first kappa shape index (κ1) is 26.7. The minimum atomic E-state index is -3.69. The van der Waals surface area contributed by atoms with Gasteiger partial charge in [-0.2, -0.15) is 11.8 Å². The fraction of sp³-hybridized carbons (Fsp3) is 0.375. The van der Waals surface area contributed by atoms with E-state index in [-0.39, 0.29) is 36.2 Å². The molecule has 0 bridgehead atoms. The van der Waals surface area contributed by atoms with Gasteiger partial charge < -0.3 is 15.7 Å². The van der Waals surface area contributed by atoms with Crippen LogP contribution in [0.1, 0.15) is 35.2 Å². The molecule has 1 heterocycles. The number of aliphatic carboxylic acids is 1. The molecule has 9 nitrogen and oxygen atoms in total. The highest BCUT2D eigenvalue weighted by molar-refractivity contribution is 7.98. The van der Waals surface area contributed by atoms with Crippen LogP contribution in [0.25, 0.3) is 11.1 Å². The van der Waals surface area contributed by atoms with Crippen LogP contribution in [0.3, 0.4) is 0 Å². The molecule has 1 saturated heterocycles. The van der Waals surface area contributed by atoms with Crippen LogP contribution in [0.4, 0.5) is 0 Å². The second-order valence-corrected chi connectivity index (χ2v) is 11.1. The van der Waals surface area contributed by atoms with Gasteiger partial charge in [0.15, 0.2) is 0 Å². The maximum Gasteiger partial charge on any atom is 0.326 e. The van der Waals surface area contributed by atoms with Crippen molar-refractivity contribution in [2.45, 2.75) is 37.1 Å². The van der Waals surface area contributed by atoms with Crippen molar-refractivity contribution in [1.82, 2.24) is 15.4 Å². The lowest BCUT2D eigenvalue weighted by Crippen LogP contribution is -2.41. The SMILES string of the molecule is CSCCC(NC(=O)c1ccc(CS(=O)(=O)NCC2CCC(=O)N2)cc1-c1ccccc1)C(=O)O. The highest BCUT2D eigenvalue weighted by atomic mass is 32.2. The molecule has 0 aliphatic carbocycles. The Kier molecular flexibility index (Phi) is 9.30. The zero-order valence-corrected chi connectivity index (χ0v) is 21.0. The molecule has 0 aromatic heterocycles. The van der Waals surface area contributed by atoms with Gasteiger partial charge in [0.05, 0.1) is 5.75 Å². The quantitative estimate of drug-likeness (QED) is 0.336. The summed E-state index contributed by atoms with van der Waals surface area (Å²) in [5.41, 5.74) is 1.94. The smallest absolute Gasteiger partial charge is 0.326 e. The van der Waals surface area contributed by atoms with Crippen LogP contribution >= 0.6 is 11.8 Å². The molecule has 1 aliphatic rings. The molecule has 3 rings (SSSR count). The predicted molar refractivity (Wildman–Crippen MR) is 136 cm³/mol. The fourth-order valence-electron chi connectivity index (χ4n) is 3.79. The average molecular weight is 520 g/mol. The summed E-state index contributed by atoms with van der Waals surface area (Å²) < 4.78 is 27.8. The highest BCUT2D eigenvalue weighted by Gasteiger charge is 2.24. The lowest BCUT2D eigenvalue weighted by molar-refractivity contribution is -0.139. The Morgan fingerprint density at radius 3 is 2.57 bits per heavy atom. The molecule has 2 aromatic carbocycles. The second-order valence-electron chi connectivity index (χ2n) is 8.30. The highest BCUT2D eigenvalue weighted by Crippen LogP contribution is 2.26. The summed E-state index contributed by atoms with van der Waals surface area (Å²) >= 11 is 1.49. The number of hydrogen-bond donors (Lipinski definition) is 4. The third-order valence-corrected chi connectivity index (χ3v) is 7.58. The molecule has 1 fully saturated rings. The van der Waals surface area contributed by atoms with E-state index in [2.05, 4.69) is 15.4 Å². The third kappa shape index (κ3) is 7.81. The van der Waals surface area contributed by atoms with Crippen LogP contribution in [0, 0.1) is 0 Å². The van der Waals surface area contributed by atoms with E-state index >= 15 is 0 Å². The molecule has 0 spiro atoms. The number of benzene rings is 2. The molecule has 1 aliphatic heterocycles. The molecular formula is C24H29N3O6S2. The number of carboxylic acid groups (broad SMARTS) is 1. The summed E-state index contributed by atoms with van der Waals surface area (Å²) in [4.78, 5) is 36.0. The van der Waals surface area contributed by atoms with Gasteiger partial charge in [0.1, 0.15) is 6.04 Å².